The van der Waals surface area contributed by atoms with Gasteiger partial charge in [-0.25, -0.2) is 8.42 Å². The van der Waals surface area contributed by atoms with Gasteiger partial charge in [0.25, 0.3) is 0 Å². The molecule has 2 atom stereocenters. The molecule has 1 fully saturated rings. The van der Waals surface area contributed by atoms with E-state index >= 15 is 0 Å². The molecule has 0 radical (unpaired) electrons. The third-order valence-corrected chi connectivity index (χ3v) is 6.19. The van der Waals surface area contributed by atoms with Crippen LogP contribution in [0.3, 0.4) is 0 Å². The van der Waals surface area contributed by atoms with Crippen molar-refractivity contribution in [3.63, 3.8) is 0 Å². The summed E-state index contributed by atoms with van der Waals surface area (Å²) in [5.41, 5.74) is 6.46. The Morgan fingerprint density at radius 1 is 1.45 bits per heavy atom. The highest BCUT2D eigenvalue weighted by molar-refractivity contribution is 7.89. The molecule has 2 N–H and O–H groups in total. The van der Waals surface area contributed by atoms with E-state index in [1.165, 1.54) is 4.31 Å². The average Bonchev–Trinajstić information content (AvgIpc) is 2.82. The number of hydrogen-bond donors (Lipinski definition) is 1. The van der Waals surface area contributed by atoms with Crippen molar-refractivity contribution in [2.45, 2.75) is 31.2 Å². The maximum Gasteiger partial charge on any atom is 0.243 e. The summed E-state index contributed by atoms with van der Waals surface area (Å²) in [4.78, 5) is 0.297. The molecule has 1 heterocycles. The molecule has 1 aliphatic heterocycles. The van der Waals surface area contributed by atoms with Crippen LogP contribution in [0.1, 0.15) is 18.9 Å². The first-order valence-corrected chi connectivity index (χ1v) is 8.16. The lowest BCUT2D eigenvalue weighted by Crippen LogP contribution is -2.33. The molecule has 1 aliphatic rings. The van der Waals surface area contributed by atoms with E-state index in [1.807, 2.05) is 6.92 Å². The molecule has 4 nitrogen and oxygen atoms in total. The molecule has 0 aromatic heterocycles. The molecule has 1 aromatic rings. The van der Waals surface area contributed by atoms with Gasteiger partial charge >= 0.3 is 0 Å². The summed E-state index contributed by atoms with van der Waals surface area (Å²) in [6, 6.07) is 4.99. The van der Waals surface area contributed by atoms with Gasteiger partial charge in [0.1, 0.15) is 0 Å². The molecular weight excluding hydrogens is 319 g/mol. The lowest BCUT2D eigenvalue weighted by molar-refractivity contribution is 0.429. The zero-order chi connectivity index (χ0) is 14.2. The Labute approximate surface area is 131 Å². The summed E-state index contributed by atoms with van der Waals surface area (Å²) in [7, 11) is -3.46. The topological polar surface area (TPSA) is 63.4 Å². The number of nitrogens with two attached hydrogens (primary N) is 1. The fourth-order valence-electron chi connectivity index (χ4n) is 2.41. The lowest BCUT2D eigenvalue weighted by atomic mass is 10.0. The summed E-state index contributed by atoms with van der Waals surface area (Å²) >= 11 is 6.00. The molecule has 114 valence electrons. The van der Waals surface area contributed by atoms with E-state index in [1.54, 1.807) is 25.1 Å². The van der Waals surface area contributed by atoms with Crippen molar-refractivity contribution in [3.05, 3.63) is 28.8 Å². The number of nitrogens with zero attached hydrogens (tertiary/aromatic N) is 1. The Morgan fingerprint density at radius 2 is 2.10 bits per heavy atom. The summed E-state index contributed by atoms with van der Waals surface area (Å²) in [6.45, 7) is 4.67. The highest BCUT2D eigenvalue weighted by atomic mass is 35.5. The van der Waals surface area contributed by atoms with Crippen molar-refractivity contribution in [3.8, 4) is 0 Å². The maximum absolute atomic E-state index is 12.6. The first-order valence-electron chi connectivity index (χ1n) is 6.35. The van der Waals surface area contributed by atoms with Crippen LogP contribution in [-0.4, -0.2) is 31.9 Å². The highest BCUT2D eigenvalue weighted by Crippen LogP contribution is 2.29. The number of halogens is 2. The van der Waals surface area contributed by atoms with Gasteiger partial charge in [-0.1, -0.05) is 17.7 Å². The second-order valence-electron chi connectivity index (χ2n) is 5.13. The summed E-state index contributed by atoms with van der Waals surface area (Å²) in [5.74, 6) is 0.231. The molecular formula is C13H20Cl2N2O2S. The second-order valence-corrected chi connectivity index (χ2v) is 7.45. The molecule has 1 saturated heterocycles. The molecule has 0 saturated carbocycles. The van der Waals surface area contributed by atoms with Crippen LogP contribution in [0.2, 0.25) is 5.02 Å². The van der Waals surface area contributed by atoms with E-state index in [0.717, 1.165) is 6.42 Å². The van der Waals surface area contributed by atoms with Gasteiger partial charge in [0.15, 0.2) is 0 Å². The summed E-state index contributed by atoms with van der Waals surface area (Å²) < 4.78 is 26.7. The first kappa shape index (κ1) is 17.7. The van der Waals surface area contributed by atoms with Gasteiger partial charge in [-0.05, 0) is 43.9 Å². The Kier molecular flexibility index (Phi) is 5.87. The quantitative estimate of drug-likeness (QED) is 0.920. The lowest BCUT2D eigenvalue weighted by Gasteiger charge is -2.19. The Hall–Kier alpha value is -0.330. The minimum Gasteiger partial charge on any atom is -0.328 e. The molecule has 1 aromatic carbocycles. The number of benzene rings is 1. The van der Waals surface area contributed by atoms with Gasteiger partial charge in [0.05, 0.1) is 4.90 Å². The number of rotatable bonds is 3. The highest BCUT2D eigenvalue weighted by Gasteiger charge is 2.34. The number of hydrogen-bond acceptors (Lipinski definition) is 3. The van der Waals surface area contributed by atoms with Crippen molar-refractivity contribution < 1.29 is 8.42 Å². The molecule has 7 heteroatoms. The van der Waals surface area contributed by atoms with Crippen molar-refractivity contribution in [1.29, 1.82) is 0 Å². The molecule has 0 amide bonds. The summed E-state index contributed by atoms with van der Waals surface area (Å²) in [5, 5.41) is 0.476. The van der Waals surface area contributed by atoms with Crippen LogP contribution in [0, 0.1) is 12.8 Å². The fraction of sp³-hybridized carbons (Fsp3) is 0.538. The monoisotopic (exact) mass is 338 g/mol. The minimum absolute atomic E-state index is 0. The van der Waals surface area contributed by atoms with Crippen LogP contribution >= 0.6 is 24.0 Å². The van der Waals surface area contributed by atoms with Crippen molar-refractivity contribution >= 4 is 34.0 Å². The molecule has 2 unspecified atom stereocenters. The standard InChI is InChI=1S/C13H19ClN2O2S.ClH/c1-9-12(14)4-3-5-13(9)19(17,18)16-7-6-11(8-16)10(2)15;/h3-5,10-11H,6-8,15H2,1-2H3;1H. The van der Waals surface area contributed by atoms with Gasteiger partial charge < -0.3 is 5.73 Å². The average molecular weight is 339 g/mol. The predicted octanol–water partition coefficient (Wildman–Crippen LogP) is 2.43. The van der Waals surface area contributed by atoms with Gasteiger partial charge in [-0.2, -0.15) is 4.31 Å². The largest absolute Gasteiger partial charge is 0.328 e. The van der Waals surface area contributed by atoms with Crippen LogP contribution in [0.15, 0.2) is 23.1 Å². The SMILES string of the molecule is Cc1c(Cl)cccc1S(=O)(=O)N1CCC(C(C)N)C1.Cl. The number of sulfonamides is 1. The Morgan fingerprint density at radius 3 is 2.65 bits per heavy atom. The fourth-order valence-corrected chi connectivity index (χ4v) is 4.40. The molecule has 0 bridgehead atoms. The zero-order valence-electron chi connectivity index (χ0n) is 11.5. The van der Waals surface area contributed by atoms with E-state index in [4.69, 9.17) is 17.3 Å². The molecule has 0 aliphatic carbocycles. The van der Waals surface area contributed by atoms with Crippen LogP contribution in [0.4, 0.5) is 0 Å². The van der Waals surface area contributed by atoms with E-state index in [-0.39, 0.29) is 24.4 Å². The first-order chi connectivity index (χ1) is 8.84. The van der Waals surface area contributed by atoms with Crippen molar-refractivity contribution in [1.82, 2.24) is 4.31 Å². The Bertz CT molecular complexity index is 576. The zero-order valence-corrected chi connectivity index (χ0v) is 13.9. The summed E-state index contributed by atoms with van der Waals surface area (Å²) in [6.07, 6.45) is 0.816. The Balaban J connectivity index is 0.00000200. The van der Waals surface area contributed by atoms with Gasteiger partial charge in [-0.3, -0.25) is 0 Å². The van der Waals surface area contributed by atoms with Crippen molar-refractivity contribution in [2.75, 3.05) is 13.1 Å². The van der Waals surface area contributed by atoms with Crippen LogP contribution in [-0.2, 0) is 10.0 Å². The van der Waals surface area contributed by atoms with Crippen LogP contribution in [0.25, 0.3) is 0 Å². The third kappa shape index (κ3) is 3.28. The minimum atomic E-state index is -3.46. The molecule has 0 spiro atoms. The van der Waals surface area contributed by atoms with Crippen molar-refractivity contribution in [2.24, 2.45) is 11.7 Å². The van der Waals surface area contributed by atoms with E-state index in [2.05, 4.69) is 0 Å². The van der Waals surface area contributed by atoms with E-state index in [9.17, 15) is 8.42 Å². The van der Waals surface area contributed by atoms with Crippen LogP contribution < -0.4 is 5.73 Å². The molecule has 20 heavy (non-hydrogen) atoms. The second kappa shape index (κ2) is 6.62. The van der Waals surface area contributed by atoms with Crippen LogP contribution in [0.5, 0.6) is 0 Å². The van der Waals surface area contributed by atoms with E-state index in [0.29, 0.717) is 28.6 Å². The van der Waals surface area contributed by atoms with Gasteiger partial charge in [-0.15, -0.1) is 12.4 Å². The molecule has 2 rings (SSSR count). The normalized spacial score (nSPS) is 21.5. The van der Waals surface area contributed by atoms with Gasteiger partial charge in [0, 0.05) is 24.2 Å². The predicted molar refractivity (Wildman–Crippen MR) is 84.0 cm³/mol. The maximum atomic E-state index is 12.6. The van der Waals surface area contributed by atoms with Gasteiger partial charge in [0.2, 0.25) is 10.0 Å². The third-order valence-electron chi connectivity index (χ3n) is 3.77. The smallest absolute Gasteiger partial charge is 0.243 e. The van der Waals surface area contributed by atoms with E-state index < -0.39 is 10.0 Å².